The molecule has 3 atom stereocenters. The van der Waals surface area contributed by atoms with Crippen LogP contribution in [0, 0.1) is 5.92 Å². The zero-order valence-corrected chi connectivity index (χ0v) is 15.6. The SMILES string of the molecule is CCOC(=O)N1CC[C@]2(O)CCCC[C@H]2[C@H]1c1ccc(O)c(OCC)c1. The van der Waals surface area contributed by atoms with Crippen LogP contribution in [0.1, 0.15) is 57.6 Å². The lowest BCUT2D eigenvalue weighted by Gasteiger charge is -2.52. The number of fused-ring (bicyclic) bond motifs is 1. The molecule has 0 bridgehead atoms. The van der Waals surface area contributed by atoms with Crippen molar-refractivity contribution in [1.82, 2.24) is 4.90 Å². The fourth-order valence-corrected chi connectivity index (χ4v) is 4.49. The van der Waals surface area contributed by atoms with Crippen molar-refractivity contribution in [3.8, 4) is 11.5 Å². The van der Waals surface area contributed by atoms with Crippen LogP contribution in [0.5, 0.6) is 11.5 Å². The Balaban J connectivity index is 2.01. The maximum absolute atomic E-state index is 12.6. The number of amides is 1. The van der Waals surface area contributed by atoms with Crippen molar-refractivity contribution in [2.24, 2.45) is 5.92 Å². The molecule has 2 aliphatic rings. The second-order valence-electron chi connectivity index (χ2n) is 7.20. The number of benzene rings is 1. The first kappa shape index (κ1) is 18.8. The molecule has 0 aromatic heterocycles. The predicted octanol–water partition coefficient (Wildman–Crippen LogP) is 3.62. The molecule has 2 N–H and O–H groups in total. The smallest absolute Gasteiger partial charge is 0.410 e. The van der Waals surface area contributed by atoms with Crippen LogP contribution in [0.4, 0.5) is 4.79 Å². The lowest BCUT2D eigenvalue weighted by Crippen LogP contribution is -2.56. The van der Waals surface area contributed by atoms with E-state index in [1.54, 1.807) is 24.0 Å². The van der Waals surface area contributed by atoms with Crippen molar-refractivity contribution >= 4 is 6.09 Å². The minimum Gasteiger partial charge on any atom is -0.504 e. The van der Waals surface area contributed by atoms with Gasteiger partial charge in [0.25, 0.3) is 0 Å². The molecule has 1 amide bonds. The summed E-state index contributed by atoms with van der Waals surface area (Å²) in [5.41, 5.74) is 0.111. The maximum atomic E-state index is 12.6. The Hall–Kier alpha value is -1.95. The number of phenolic OH excluding ortho intramolecular Hbond substituents is 1. The van der Waals surface area contributed by atoms with Gasteiger partial charge in [0.15, 0.2) is 11.5 Å². The molecule has 0 unspecified atom stereocenters. The highest BCUT2D eigenvalue weighted by atomic mass is 16.6. The maximum Gasteiger partial charge on any atom is 0.410 e. The number of ether oxygens (including phenoxy) is 2. The van der Waals surface area contributed by atoms with Crippen molar-refractivity contribution in [2.45, 2.75) is 57.6 Å². The summed E-state index contributed by atoms with van der Waals surface area (Å²) in [5, 5.41) is 21.2. The van der Waals surface area contributed by atoms with Crippen molar-refractivity contribution in [1.29, 1.82) is 0 Å². The summed E-state index contributed by atoms with van der Waals surface area (Å²) in [6.45, 7) is 4.87. The Labute approximate surface area is 154 Å². The van der Waals surface area contributed by atoms with Crippen LogP contribution < -0.4 is 4.74 Å². The third kappa shape index (κ3) is 3.47. The van der Waals surface area contributed by atoms with Crippen LogP contribution in [0.15, 0.2) is 18.2 Å². The molecule has 1 aromatic carbocycles. The molecule has 1 saturated heterocycles. The quantitative estimate of drug-likeness (QED) is 0.854. The molecule has 0 radical (unpaired) electrons. The van der Waals surface area contributed by atoms with Crippen molar-refractivity contribution in [2.75, 3.05) is 19.8 Å². The first-order valence-corrected chi connectivity index (χ1v) is 9.61. The Morgan fingerprint density at radius 3 is 2.81 bits per heavy atom. The molecule has 3 rings (SSSR count). The third-order valence-electron chi connectivity index (χ3n) is 5.70. The van der Waals surface area contributed by atoms with Crippen molar-refractivity contribution in [3.63, 3.8) is 0 Å². The van der Waals surface area contributed by atoms with Crippen LogP contribution in [0.2, 0.25) is 0 Å². The predicted molar refractivity (Wildman–Crippen MR) is 97.3 cm³/mol. The number of aliphatic hydroxyl groups is 1. The van der Waals surface area contributed by atoms with Crippen LogP contribution in [-0.2, 0) is 4.74 Å². The van der Waals surface area contributed by atoms with Gasteiger partial charge in [0.2, 0.25) is 0 Å². The Morgan fingerprint density at radius 1 is 1.27 bits per heavy atom. The summed E-state index contributed by atoms with van der Waals surface area (Å²) in [7, 11) is 0. The van der Waals surface area contributed by atoms with Crippen LogP contribution in [-0.4, -0.2) is 46.6 Å². The van der Waals surface area contributed by atoms with E-state index in [4.69, 9.17) is 9.47 Å². The van der Waals surface area contributed by atoms with Gasteiger partial charge >= 0.3 is 6.09 Å². The fraction of sp³-hybridized carbons (Fsp3) is 0.650. The number of carbonyl (C=O) groups excluding carboxylic acids is 1. The fourth-order valence-electron chi connectivity index (χ4n) is 4.49. The molecule has 0 spiro atoms. The number of likely N-dealkylation sites (tertiary alicyclic amines) is 1. The lowest BCUT2D eigenvalue weighted by molar-refractivity contribution is -0.118. The molecular weight excluding hydrogens is 334 g/mol. The van der Waals surface area contributed by atoms with Gasteiger partial charge < -0.3 is 24.6 Å². The van der Waals surface area contributed by atoms with Gasteiger partial charge in [0.1, 0.15) is 0 Å². The Kier molecular flexibility index (Phi) is 5.61. The van der Waals surface area contributed by atoms with E-state index < -0.39 is 5.60 Å². The van der Waals surface area contributed by atoms with Crippen molar-refractivity contribution < 1.29 is 24.5 Å². The molecule has 1 aliphatic carbocycles. The lowest BCUT2D eigenvalue weighted by atomic mass is 9.66. The highest BCUT2D eigenvalue weighted by Gasteiger charge is 2.50. The van der Waals surface area contributed by atoms with E-state index in [2.05, 4.69) is 0 Å². The van der Waals surface area contributed by atoms with Gasteiger partial charge in [-0.2, -0.15) is 0 Å². The number of hydrogen-bond donors (Lipinski definition) is 2. The van der Waals surface area contributed by atoms with E-state index in [0.717, 1.165) is 31.2 Å². The van der Waals surface area contributed by atoms with Crippen LogP contribution in [0.25, 0.3) is 0 Å². The number of phenols is 1. The van der Waals surface area contributed by atoms with Gasteiger partial charge in [0, 0.05) is 12.5 Å². The highest BCUT2D eigenvalue weighted by Crippen LogP contribution is 2.50. The summed E-state index contributed by atoms with van der Waals surface area (Å²) >= 11 is 0. The number of hydrogen-bond acceptors (Lipinski definition) is 5. The topological polar surface area (TPSA) is 79.2 Å². The highest BCUT2D eigenvalue weighted by molar-refractivity contribution is 5.69. The van der Waals surface area contributed by atoms with E-state index in [0.29, 0.717) is 31.9 Å². The standard InChI is InChI=1S/C20H29NO5/c1-3-25-17-13-14(8-9-16(17)22)18-15-7-5-6-10-20(15,24)11-12-21(18)19(23)26-4-2/h8-9,13,15,18,22,24H,3-7,10-12H2,1-2H3/t15-,18+,20+/m0/s1. The summed E-state index contributed by atoms with van der Waals surface area (Å²) in [6.07, 6.45) is 3.90. The number of rotatable bonds is 4. The molecule has 1 heterocycles. The van der Waals surface area contributed by atoms with Crippen molar-refractivity contribution in [3.05, 3.63) is 23.8 Å². The number of carbonyl (C=O) groups is 1. The summed E-state index contributed by atoms with van der Waals surface area (Å²) in [6, 6.07) is 4.92. The molecule has 6 nitrogen and oxygen atoms in total. The largest absolute Gasteiger partial charge is 0.504 e. The van der Waals surface area contributed by atoms with Gasteiger partial charge in [-0.3, -0.25) is 0 Å². The number of piperidine rings is 1. The van der Waals surface area contributed by atoms with E-state index in [1.807, 2.05) is 13.0 Å². The summed E-state index contributed by atoms with van der Waals surface area (Å²) < 4.78 is 10.8. The summed E-state index contributed by atoms with van der Waals surface area (Å²) in [4.78, 5) is 14.3. The van der Waals surface area contributed by atoms with Gasteiger partial charge in [0.05, 0.1) is 24.9 Å². The van der Waals surface area contributed by atoms with Gasteiger partial charge in [-0.1, -0.05) is 18.9 Å². The Bertz CT molecular complexity index is 649. The summed E-state index contributed by atoms with van der Waals surface area (Å²) in [5.74, 6) is 0.431. The van der Waals surface area contributed by atoms with E-state index >= 15 is 0 Å². The molecule has 26 heavy (non-hydrogen) atoms. The van der Waals surface area contributed by atoms with E-state index in [1.165, 1.54) is 0 Å². The molecule has 2 fully saturated rings. The van der Waals surface area contributed by atoms with Crippen LogP contribution in [0.3, 0.4) is 0 Å². The number of nitrogens with zero attached hydrogens (tertiary/aromatic N) is 1. The zero-order chi connectivity index (χ0) is 18.7. The molecule has 1 aromatic rings. The van der Waals surface area contributed by atoms with E-state index in [-0.39, 0.29) is 23.8 Å². The average molecular weight is 363 g/mol. The van der Waals surface area contributed by atoms with E-state index in [9.17, 15) is 15.0 Å². The molecule has 144 valence electrons. The van der Waals surface area contributed by atoms with Gasteiger partial charge in [-0.15, -0.1) is 0 Å². The first-order chi connectivity index (χ1) is 12.5. The van der Waals surface area contributed by atoms with Gasteiger partial charge in [-0.25, -0.2) is 4.79 Å². The monoisotopic (exact) mass is 363 g/mol. The zero-order valence-electron chi connectivity index (χ0n) is 15.6. The molecule has 1 aliphatic heterocycles. The van der Waals surface area contributed by atoms with Gasteiger partial charge in [-0.05, 0) is 50.8 Å². The molecular formula is C20H29NO5. The van der Waals surface area contributed by atoms with Crippen LogP contribution >= 0.6 is 0 Å². The second kappa shape index (κ2) is 7.74. The molecule has 1 saturated carbocycles. The first-order valence-electron chi connectivity index (χ1n) is 9.61. The minimum atomic E-state index is -0.754. The minimum absolute atomic E-state index is 0.0478. The number of aromatic hydroxyl groups is 1. The average Bonchev–Trinajstić information content (AvgIpc) is 2.62. The third-order valence-corrected chi connectivity index (χ3v) is 5.70. The normalized spacial score (nSPS) is 28.3. The molecule has 6 heteroatoms. The second-order valence-corrected chi connectivity index (χ2v) is 7.20. The Morgan fingerprint density at radius 2 is 2.08 bits per heavy atom.